The molecule has 0 aromatic heterocycles. The Morgan fingerprint density at radius 2 is 1.67 bits per heavy atom. The van der Waals surface area contributed by atoms with Gasteiger partial charge >= 0.3 is 7.12 Å². The Balaban J connectivity index is 3.08. The number of methoxy groups -OCH3 is 2. The topological polar surface area (TPSA) is 58.9 Å². The molecule has 0 saturated heterocycles. The lowest BCUT2D eigenvalue weighted by Gasteiger charge is -2.12. The molecule has 5 heteroatoms. The van der Waals surface area contributed by atoms with Crippen molar-refractivity contribution in [1.82, 2.24) is 0 Å². The van der Waals surface area contributed by atoms with Crippen molar-refractivity contribution in [2.24, 2.45) is 0 Å². The van der Waals surface area contributed by atoms with Crippen LogP contribution in [0.1, 0.15) is 11.1 Å². The Labute approximate surface area is 89.6 Å². The van der Waals surface area contributed by atoms with Gasteiger partial charge in [-0.25, -0.2) is 0 Å². The fourth-order valence-electron chi connectivity index (χ4n) is 1.44. The molecule has 82 valence electrons. The van der Waals surface area contributed by atoms with Crippen molar-refractivity contribution >= 4 is 7.12 Å². The van der Waals surface area contributed by atoms with Crippen LogP contribution in [0.4, 0.5) is 0 Å². The number of ether oxygens (including phenoxy) is 2. The molecule has 0 spiro atoms. The molecule has 0 fully saturated rings. The van der Waals surface area contributed by atoms with Crippen LogP contribution in [0.15, 0.2) is 12.1 Å². The van der Waals surface area contributed by atoms with E-state index in [0.29, 0.717) is 11.5 Å². The van der Waals surface area contributed by atoms with E-state index in [1.807, 2.05) is 13.0 Å². The first-order valence-electron chi connectivity index (χ1n) is 4.66. The molecule has 0 bridgehead atoms. The summed E-state index contributed by atoms with van der Waals surface area (Å²) in [5, 5.41) is 17.8. The van der Waals surface area contributed by atoms with Crippen molar-refractivity contribution in [3.8, 4) is 11.5 Å². The van der Waals surface area contributed by atoms with Crippen LogP contribution in [0.25, 0.3) is 0 Å². The van der Waals surface area contributed by atoms with Crippen LogP contribution >= 0.6 is 0 Å². The van der Waals surface area contributed by atoms with E-state index in [1.165, 1.54) is 0 Å². The van der Waals surface area contributed by atoms with Gasteiger partial charge in [-0.15, -0.1) is 0 Å². The first kappa shape index (κ1) is 11.9. The highest BCUT2D eigenvalue weighted by atomic mass is 16.5. The molecule has 0 saturated carbocycles. The lowest BCUT2D eigenvalue weighted by molar-refractivity contribution is 0.354. The van der Waals surface area contributed by atoms with Crippen LogP contribution in [0, 0.1) is 6.92 Å². The molecule has 0 aliphatic carbocycles. The van der Waals surface area contributed by atoms with E-state index in [1.54, 1.807) is 20.3 Å². The van der Waals surface area contributed by atoms with Gasteiger partial charge in [0, 0.05) is 6.32 Å². The summed E-state index contributed by atoms with van der Waals surface area (Å²) < 4.78 is 10.3. The third-order valence-electron chi connectivity index (χ3n) is 2.24. The molecule has 1 aromatic carbocycles. The summed E-state index contributed by atoms with van der Waals surface area (Å²) in [7, 11) is 1.77. The smallest absolute Gasteiger partial charge is 0.456 e. The van der Waals surface area contributed by atoms with Gasteiger partial charge < -0.3 is 19.5 Å². The molecule has 0 amide bonds. The average molecular weight is 210 g/mol. The SMILES string of the molecule is COc1cc(C)c(CB(O)O)cc1OC. The molecule has 1 rings (SSSR count). The second-order valence-electron chi connectivity index (χ2n) is 3.32. The Bertz CT molecular complexity index is 338. The molecule has 15 heavy (non-hydrogen) atoms. The Morgan fingerprint density at radius 3 is 2.13 bits per heavy atom. The fraction of sp³-hybridized carbons (Fsp3) is 0.400. The first-order chi connectivity index (χ1) is 7.08. The number of hydrogen-bond acceptors (Lipinski definition) is 4. The largest absolute Gasteiger partial charge is 0.493 e. The van der Waals surface area contributed by atoms with Crippen LogP contribution in [-0.2, 0) is 6.32 Å². The van der Waals surface area contributed by atoms with E-state index >= 15 is 0 Å². The van der Waals surface area contributed by atoms with Crippen LogP contribution in [-0.4, -0.2) is 31.4 Å². The molecular formula is C10H15BO4. The van der Waals surface area contributed by atoms with Crippen molar-refractivity contribution in [2.75, 3.05) is 14.2 Å². The summed E-state index contributed by atoms with van der Waals surface area (Å²) in [6, 6.07) is 3.57. The van der Waals surface area contributed by atoms with Gasteiger partial charge in [0.05, 0.1) is 14.2 Å². The standard InChI is InChI=1S/C10H15BO4/c1-7-4-9(14-2)10(15-3)5-8(7)6-11(12)13/h4-5,12-13H,6H2,1-3H3. The van der Waals surface area contributed by atoms with Crippen LogP contribution in [0.2, 0.25) is 0 Å². The van der Waals surface area contributed by atoms with Gasteiger partial charge in [0.2, 0.25) is 0 Å². The number of rotatable bonds is 4. The molecule has 1 aromatic rings. The second-order valence-corrected chi connectivity index (χ2v) is 3.32. The third kappa shape index (κ3) is 2.87. The van der Waals surface area contributed by atoms with Gasteiger partial charge in [-0.1, -0.05) is 0 Å². The maximum Gasteiger partial charge on any atom is 0.456 e. The zero-order chi connectivity index (χ0) is 11.4. The monoisotopic (exact) mass is 210 g/mol. The van der Waals surface area contributed by atoms with E-state index in [-0.39, 0.29) is 6.32 Å². The lowest BCUT2D eigenvalue weighted by atomic mass is 9.80. The molecular weight excluding hydrogens is 195 g/mol. The summed E-state index contributed by atoms with van der Waals surface area (Å²) >= 11 is 0. The maximum atomic E-state index is 8.90. The highest BCUT2D eigenvalue weighted by Gasteiger charge is 2.13. The van der Waals surface area contributed by atoms with Crippen LogP contribution in [0.3, 0.4) is 0 Å². The predicted molar refractivity (Wildman–Crippen MR) is 58.2 cm³/mol. The van der Waals surface area contributed by atoms with Crippen molar-refractivity contribution in [3.63, 3.8) is 0 Å². The van der Waals surface area contributed by atoms with Crippen molar-refractivity contribution in [1.29, 1.82) is 0 Å². The van der Waals surface area contributed by atoms with Gasteiger partial charge in [-0.2, -0.15) is 0 Å². The molecule has 0 unspecified atom stereocenters. The van der Waals surface area contributed by atoms with E-state index in [2.05, 4.69) is 0 Å². The second kappa shape index (κ2) is 5.05. The average Bonchev–Trinajstić information content (AvgIpc) is 2.19. The molecule has 4 nitrogen and oxygen atoms in total. The number of hydrogen-bond donors (Lipinski definition) is 2. The van der Waals surface area contributed by atoms with E-state index < -0.39 is 7.12 Å². The normalized spacial score (nSPS) is 9.93. The van der Waals surface area contributed by atoms with E-state index in [9.17, 15) is 0 Å². The highest BCUT2D eigenvalue weighted by Crippen LogP contribution is 2.30. The number of aryl methyl sites for hydroxylation is 1. The maximum absolute atomic E-state index is 8.90. The fourth-order valence-corrected chi connectivity index (χ4v) is 1.44. The minimum Gasteiger partial charge on any atom is -0.493 e. The number of benzene rings is 1. The molecule has 0 radical (unpaired) electrons. The van der Waals surface area contributed by atoms with Crippen molar-refractivity contribution < 1.29 is 19.5 Å². The molecule has 0 aliphatic rings. The predicted octanol–water partition coefficient (Wildman–Crippen LogP) is 0.567. The molecule has 0 atom stereocenters. The summed E-state index contributed by atoms with van der Waals surface area (Å²) in [5.74, 6) is 1.24. The van der Waals surface area contributed by atoms with E-state index in [0.717, 1.165) is 11.1 Å². The van der Waals surface area contributed by atoms with Crippen LogP contribution < -0.4 is 9.47 Å². The van der Waals surface area contributed by atoms with Gasteiger partial charge in [0.15, 0.2) is 11.5 Å². The molecule has 0 heterocycles. The lowest BCUT2D eigenvalue weighted by Crippen LogP contribution is -2.16. The highest BCUT2D eigenvalue weighted by molar-refractivity contribution is 6.40. The first-order valence-corrected chi connectivity index (χ1v) is 4.66. The third-order valence-corrected chi connectivity index (χ3v) is 2.24. The van der Waals surface area contributed by atoms with Gasteiger partial charge in [-0.05, 0) is 30.2 Å². The summed E-state index contributed by atoms with van der Waals surface area (Å²) in [4.78, 5) is 0. The van der Waals surface area contributed by atoms with Crippen molar-refractivity contribution in [3.05, 3.63) is 23.3 Å². The summed E-state index contributed by atoms with van der Waals surface area (Å²) in [6.45, 7) is 1.89. The zero-order valence-electron chi connectivity index (χ0n) is 9.15. The minimum atomic E-state index is -1.35. The van der Waals surface area contributed by atoms with E-state index in [4.69, 9.17) is 19.5 Å². The Morgan fingerprint density at radius 1 is 1.13 bits per heavy atom. The van der Waals surface area contributed by atoms with Crippen molar-refractivity contribution in [2.45, 2.75) is 13.2 Å². The summed E-state index contributed by atoms with van der Waals surface area (Å²) in [6.07, 6.45) is 0.187. The summed E-state index contributed by atoms with van der Waals surface area (Å²) in [5.41, 5.74) is 1.78. The quantitative estimate of drug-likeness (QED) is 0.713. The van der Waals surface area contributed by atoms with Gasteiger partial charge in [0.25, 0.3) is 0 Å². The molecule has 2 N–H and O–H groups in total. The molecule has 0 aliphatic heterocycles. The minimum absolute atomic E-state index is 0.187. The van der Waals surface area contributed by atoms with Gasteiger partial charge in [-0.3, -0.25) is 0 Å². The van der Waals surface area contributed by atoms with Gasteiger partial charge in [0.1, 0.15) is 0 Å². The zero-order valence-corrected chi connectivity index (χ0v) is 9.15. The Hall–Kier alpha value is -1.20. The Kier molecular flexibility index (Phi) is 4.00. The van der Waals surface area contributed by atoms with Crippen LogP contribution in [0.5, 0.6) is 11.5 Å².